The van der Waals surface area contributed by atoms with Crippen LogP contribution in [0.25, 0.3) is 0 Å². The van der Waals surface area contributed by atoms with Crippen molar-refractivity contribution in [1.29, 1.82) is 0 Å². The van der Waals surface area contributed by atoms with Crippen LogP contribution in [0.4, 0.5) is 19.1 Å². The van der Waals surface area contributed by atoms with E-state index in [1.807, 2.05) is 19.1 Å². The van der Waals surface area contributed by atoms with Crippen molar-refractivity contribution >= 4 is 5.95 Å². The number of halogens is 3. The molecule has 3 rings (SSSR count). The zero-order chi connectivity index (χ0) is 17.2. The second-order valence-electron chi connectivity index (χ2n) is 5.75. The number of pyridine rings is 1. The van der Waals surface area contributed by atoms with E-state index in [0.717, 1.165) is 37.6 Å². The van der Waals surface area contributed by atoms with Gasteiger partial charge in [0.25, 0.3) is 0 Å². The molecule has 1 saturated heterocycles. The molecule has 0 radical (unpaired) electrons. The normalized spacial score (nSPS) is 16.4. The molecule has 0 atom stereocenters. The fourth-order valence-electron chi connectivity index (χ4n) is 2.69. The molecular weight excluding hydrogens is 319 g/mol. The highest BCUT2D eigenvalue weighted by Gasteiger charge is 2.33. The third kappa shape index (κ3) is 3.81. The number of hydrogen-bond donors (Lipinski definition) is 0. The van der Waals surface area contributed by atoms with Crippen molar-refractivity contribution < 1.29 is 13.2 Å². The predicted octanol–water partition coefficient (Wildman–Crippen LogP) is 2.52. The molecular formula is C16H18F3N5. The Hall–Kier alpha value is -2.22. The number of aromatic nitrogens is 3. The molecule has 1 aliphatic rings. The van der Waals surface area contributed by atoms with Crippen LogP contribution in [0.2, 0.25) is 0 Å². The van der Waals surface area contributed by atoms with E-state index in [-0.39, 0.29) is 5.95 Å². The summed E-state index contributed by atoms with van der Waals surface area (Å²) >= 11 is 0. The highest BCUT2D eigenvalue weighted by Crippen LogP contribution is 2.28. The standard InChI is InChI=1S/C16H18F3N5/c1-12-13(3-2-5-20-12)11-23-7-9-24(10-8-23)15-21-6-4-14(22-15)16(17,18)19/h2-6H,7-11H2,1H3. The highest BCUT2D eigenvalue weighted by atomic mass is 19.4. The Morgan fingerprint density at radius 2 is 1.79 bits per heavy atom. The zero-order valence-electron chi connectivity index (χ0n) is 13.3. The quantitative estimate of drug-likeness (QED) is 0.861. The largest absolute Gasteiger partial charge is 0.433 e. The molecule has 0 saturated carbocycles. The van der Waals surface area contributed by atoms with Crippen molar-refractivity contribution in [3.05, 3.63) is 47.5 Å². The summed E-state index contributed by atoms with van der Waals surface area (Å²) in [6.07, 6.45) is -1.52. The Morgan fingerprint density at radius 3 is 2.46 bits per heavy atom. The molecule has 1 fully saturated rings. The van der Waals surface area contributed by atoms with E-state index in [4.69, 9.17) is 0 Å². The first-order valence-electron chi connectivity index (χ1n) is 7.71. The number of rotatable bonds is 3. The van der Waals surface area contributed by atoms with Gasteiger partial charge < -0.3 is 4.90 Å². The molecule has 8 heteroatoms. The van der Waals surface area contributed by atoms with Gasteiger partial charge in [0.1, 0.15) is 5.69 Å². The van der Waals surface area contributed by atoms with Crippen molar-refractivity contribution in [2.45, 2.75) is 19.6 Å². The average Bonchev–Trinajstić information content (AvgIpc) is 2.57. The first-order chi connectivity index (χ1) is 11.4. The average molecular weight is 337 g/mol. The van der Waals surface area contributed by atoms with Crippen molar-refractivity contribution in [2.24, 2.45) is 0 Å². The minimum Gasteiger partial charge on any atom is -0.338 e. The lowest BCUT2D eigenvalue weighted by molar-refractivity contribution is -0.141. The Kier molecular flexibility index (Phi) is 4.66. The Labute approximate surface area is 138 Å². The molecule has 1 aliphatic heterocycles. The Morgan fingerprint density at radius 1 is 1.04 bits per heavy atom. The first-order valence-corrected chi connectivity index (χ1v) is 7.71. The first kappa shape index (κ1) is 16.6. The number of aryl methyl sites for hydroxylation is 1. The third-order valence-corrected chi connectivity index (χ3v) is 4.10. The summed E-state index contributed by atoms with van der Waals surface area (Å²) in [6.45, 7) is 5.45. The summed E-state index contributed by atoms with van der Waals surface area (Å²) in [5, 5.41) is 0. The SMILES string of the molecule is Cc1ncccc1CN1CCN(c2nccc(C(F)(F)F)n2)CC1. The van der Waals surface area contributed by atoms with Crippen molar-refractivity contribution in [1.82, 2.24) is 19.9 Å². The predicted molar refractivity (Wildman–Crippen MR) is 83.5 cm³/mol. The zero-order valence-corrected chi connectivity index (χ0v) is 13.3. The number of alkyl halides is 3. The lowest BCUT2D eigenvalue weighted by Gasteiger charge is -2.35. The molecule has 0 amide bonds. The summed E-state index contributed by atoms with van der Waals surface area (Å²) in [5.41, 5.74) is 1.27. The molecule has 3 heterocycles. The number of nitrogens with zero attached hydrogens (tertiary/aromatic N) is 5. The van der Waals surface area contributed by atoms with Crippen LogP contribution in [-0.4, -0.2) is 46.0 Å². The van der Waals surface area contributed by atoms with Gasteiger partial charge in [-0.3, -0.25) is 9.88 Å². The fourth-order valence-corrected chi connectivity index (χ4v) is 2.69. The van der Waals surface area contributed by atoms with Crippen LogP contribution in [0, 0.1) is 6.92 Å². The number of hydrogen-bond acceptors (Lipinski definition) is 5. The van der Waals surface area contributed by atoms with E-state index < -0.39 is 11.9 Å². The van der Waals surface area contributed by atoms with Crippen LogP contribution >= 0.6 is 0 Å². The third-order valence-electron chi connectivity index (χ3n) is 4.10. The summed E-state index contributed by atoms with van der Waals surface area (Å²) in [5.74, 6) is 0.141. The number of piperazine rings is 1. The van der Waals surface area contributed by atoms with E-state index in [1.54, 1.807) is 11.1 Å². The number of anilines is 1. The molecule has 24 heavy (non-hydrogen) atoms. The minimum absolute atomic E-state index is 0.141. The summed E-state index contributed by atoms with van der Waals surface area (Å²) in [7, 11) is 0. The molecule has 5 nitrogen and oxygen atoms in total. The molecule has 2 aromatic rings. The molecule has 0 unspecified atom stereocenters. The van der Waals surface area contributed by atoms with E-state index in [1.165, 1.54) is 5.56 Å². The van der Waals surface area contributed by atoms with Crippen LogP contribution in [0.15, 0.2) is 30.6 Å². The van der Waals surface area contributed by atoms with E-state index >= 15 is 0 Å². The van der Waals surface area contributed by atoms with Gasteiger partial charge in [0.05, 0.1) is 0 Å². The van der Waals surface area contributed by atoms with Crippen molar-refractivity contribution in [3.8, 4) is 0 Å². The highest BCUT2D eigenvalue weighted by molar-refractivity contribution is 5.32. The van der Waals surface area contributed by atoms with E-state index in [2.05, 4.69) is 19.9 Å². The maximum Gasteiger partial charge on any atom is 0.433 e. The van der Waals surface area contributed by atoms with Gasteiger partial charge in [0.2, 0.25) is 5.95 Å². The van der Waals surface area contributed by atoms with Crippen LogP contribution in [0.5, 0.6) is 0 Å². The van der Waals surface area contributed by atoms with Crippen LogP contribution < -0.4 is 4.90 Å². The Bertz CT molecular complexity index is 696. The Balaban J connectivity index is 1.62. The topological polar surface area (TPSA) is 45.2 Å². The molecule has 0 spiro atoms. The molecule has 0 N–H and O–H groups in total. The second kappa shape index (κ2) is 6.72. The van der Waals surface area contributed by atoms with Crippen LogP contribution in [0.3, 0.4) is 0 Å². The summed E-state index contributed by atoms with van der Waals surface area (Å²) < 4.78 is 38.3. The van der Waals surface area contributed by atoms with Gasteiger partial charge in [-0.05, 0) is 24.6 Å². The summed E-state index contributed by atoms with van der Waals surface area (Å²) in [4.78, 5) is 16.0. The van der Waals surface area contributed by atoms with Gasteiger partial charge in [-0.1, -0.05) is 6.07 Å². The molecule has 0 aliphatic carbocycles. The maximum atomic E-state index is 12.8. The monoisotopic (exact) mass is 337 g/mol. The van der Waals surface area contributed by atoms with Crippen molar-refractivity contribution in [3.63, 3.8) is 0 Å². The summed E-state index contributed by atoms with van der Waals surface area (Å²) in [6, 6.07) is 4.85. The van der Waals surface area contributed by atoms with E-state index in [0.29, 0.717) is 13.1 Å². The van der Waals surface area contributed by atoms with Gasteiger partial charge in [-0.2, -0.15) is 13.2 Å². The maximum absolute atomic E-state index is 12.8. The fraction of sp³-hybridized carbons (Fsp3) is 0.438. The molecule has 128 valence electrons. The lowest BCUT2D eigenvalue weighted by Crippen LogP contribution is -2.46. The van der Waals surface area contributed by atoms with Gasteiger partial charge in [-0.25, -0.2) is 9.97 Å². The minimum atomic E-state index is -4.45. The second-order valence-corrected chi connectivity index (χ2v) is 5.75. The van der Waals surface area contributed by atoms with Crippen LogP contribution in [-0.2, 0) is 12.7 Å². The molecule has 0 aromatic carbocycles. The lowest BCUT2D eigenvalue weighted by atomic mass is 10.2. The van der Waals surface area contributed by atoms with Gasteiger partial charge in [0.15, 0.2) is 0 Å². The smallest absolute Gasteiger partial charge is 0.338 e. The van der Waals surface area contributed by atoms with Crippen molar-refractivity contribution in [2.75, 3.05) is 31.1 Å². The molecule has 2 aromatic heterocycles. The van der Waals surface area contributed by atoms with Crippen LogP contribution in [0.1, 0.15) is 17.0 Å². The van der Waals surface area contributed by atoms with Gasteiger partial charge in [0, 0.05) is 50.8 Å². The van der Waals surface area contributed by atoms with E-state index in [9.17, 15) is 13.2 Å². The van der Waals surface area contributed by atoms with Gasteiger partial charge >= 0.3 is 6.18 Å². The molecule has 0 bridgehead atoms. The van der Waals surface area contributed by atoms with Gasteiger partial charge in [-0.15, -0.1) is 0 Å².